The van der Waals surface area contributed by atoms with E-state index in [1.807, 2.05) is 60.7 Å². The molecule has 0 bridgehead atoms. The minimum atomic E-state index is -1.18. The standard InChI is InChI=1S/C18H15NO3/c20-15-14(11-12-7-3-1-4-8-12)19-17(21)18(15)16(22-18)13-9-5-2-6-10-13/h1-11,15-16,20H,(H,19,21)/b14-11-. The lowest BCUT2D eigenvalue weighted by Crippen LogP contribution is -2.32. The second-order valence-electron chi connectivity index (χ2n) is 5.57. The molecule has 3 unspecified atom stereocenters. The number of benzene rings is 2. The van der Waals surface area contributed by atoms with E-state index in [0.717, 1.165) is 11.1 Å². The molecule has 1 amide bonds. The molecule has 110 valence electrons. The number of hydrogen-bond acceptors (Lipinski definition) is 3. The first-order valence-electron chi connectivity index (χ1n) is 7.21. The Kier molecular flexibility index (Phi) is 2.89. The van der Waals surface area contributed by atoms with E-state index in [1.165, 1.54) is 0 Å². The summed E-state index contributed by atoms with van der Waals surface area (Å²) in [7, 11) is 0. The zero-order chi connectivity index (χ0) is 15.2. The fourth-order valence-electron chi connectivity index (χ4n) is 2.98. The predicted octanol–water partition coefficient (Wildman–Crippen LogP) is 2.03. The second-order valence-corrected chi connectivity index (χ2v) is 5.57. The Bertz CT molecular complexity index is 741. The van der Waals surface area contributed by atoms with Crippen molar-refractivity contribution in [2.75, 3.05) is 0 Å². The highest BCUT2D eigenvalue weighted by Crippen LogP contribution is 2.55. The Balaban J connectivity index is 1.65. The van der Waals surface area contributed by atoms with Gasteiger partial charge in [-0.3, -0.25) is 4.79 Å². The van der Waals surface area contributed by atoms with Crippen LogP contribution < -0.4 is 5.32 Å². The zero-order valence-electron chi connectivity index (χ0n) is 11.8. The molecule has 2 aliphatic heterocycles. The number of rotatable bonds is 2. The summed E-state index contributed by atoms with van der Waals surface area (Å²) in [5.41, 5.74) is 1.13. The van der Waals surface area contributed by atoms with Crippen LogP contribution in [0.4, 0.5) is 0 Å². The fourth-order valence-corrected chi connectivity index (χ4v) is 2.98. The van der Waals surface area contributed by atoms with Gasteiger partial charge < -0.3 is 15.2 Å². The molecule has 2 fully saturated rings. The van der Waals surface area contributed by atoms with Gasteiger partial charge in [-0.2, -0.15) is 0 Å². The summed E-state index contributed by atoms with van der Waals surface area (Å²) in [6, 6.07) is 19.1. The summed E-state index contributed by atoms with van der Waals surface area (Å²) in [6.07, 6.45) is 0.400. The van der Waals surface area contributed by atoms with Crippen molar-refractivity contribution in [1.29, 1.82) is 0 Å². The lowest BCUT2D eigenvalue weighted by atomic mass is 9.94. The maximum atomic E-state index is 12.3. The molecule has 4 heteroatoms. The molecular weight excluding hydrogens is 278 g/mol. The van der Waals surface area contributed by atoms with Crippen LogP contribution in [0.3, 0.4) is 0 Å². The number of nitrogens with one attached hydrogen (secondary N) is 1. The van der Waals surface area contributed by atoms with Crippen LogP contribution in [-0.2, 0) is 9.53 Å². The molecule has 22 heavy (non-hydrogen) atoms. The molecule has 0 saturated carbocycles. The largest absolute Gasteiger partial charge is 0.383 e. The van der Waals surface area contributed by atoms with Gasteiger partial charge in [0, 0.05) is 0 Å². The van der Waals surface area contributed by atoms with Gasteiger partial charge in [-0.15, -0.1) is 0 Å². The van der Waals surface area contributed by atoms with Crippen molar-refractivity contribution < 1.29 is 14.6 Å². The van der Waals surface area contributed by atoms with Crippen molar-refractivity contribution in [3.63, 3.8) is 0 Å². The molecular formula is C18H15NO3. The van der Waals surface area contributed by atoms with E-state index < -0.39 is 17.8 Å². The van der Waals surface area contributed by atoms with E-state index in [0.29, 0.717) is 5.70 Å². The third-order valence-corrected chi connectivity index (χ3v) is 4.18. The Morgan fingerprint density at radius 3 is 2.36 bits per heavy atom. The molecule has 2 aromatic carbocycles. The molecule has 2 heterocycles. The minimum Gasteiger partial charge on any atom is -0.383 e. The number of carbonyl (C=O) groups is 1. The Morgan fingerprint density at radius 2 is 1.68 bits per heavy atom. The predicted molar refractivity (Wildman–Crippen MR) is 81.6 cm³/mol. The average Bonchev–Trinajstić information content (AvgIpc) is 3.27. The SMILES string of the molecule is O=C1N/C(=C\c2ccccc2)C(O)C12OC2c1ccccc1. The van der Waals surface area contributed by atoms with Crippen LogP contribution in [0.15, 0.2) is 66.4 Å². The third kappa shape index (κ3) is 1.89. The van der Waals surface area contributed by atoms with Crippen molar-refractivity contribution in [2.45, 2.75) is 17.8 Å². The van der Waals surface area contributed by atoms with Crippen molar-refractivity contribution in [2.24, 2.45) is 0 Å². The second kappa shape index (κ2) is 4.80. The van der Waals surface area contributed by atoms with Crippen LogP contribution in [0.5, 0.6) is 0 Å². The Morgan fingerprint density at radius 1 is 1.05 bits per heavy atom. The van der Waals surface area contributed by atoms with Crippen LogP contribution >= 0.6 is 0 Å². The normalized spacial score (nSPS) is 31.5. The van der Waals surface area contributed by atoms with Crippen molar-refractivity contribution >= 4 is 12.0 Å². The molecule has 2 saturated heterocycles. The van der Waals surface area contributed by atoms with Gasteiger partial charge in [0.05, 0.1) is 5.70 Å². The van der Waals surface area contributed by atoms with Gasteiger partial charge >= 0.3 is 0 Å². The monoisotopic (exact) mass is 293 g/mol. The number of amides is 1. The molecule has 2 N–H and O–H groups in total. The van der Waals surface area contributed by atoms with Gasteiger partial charge in [0.25, 0.3) is 5.91 Å². The highest BCUT2D eigenvalue weighted by Gasteiger charge is 2.71. The van der Waals surface area contributed by atoms with Gasteiger partial charge in [0.2, 0.25) is 5.60 Å². The highest BCUT2D eigenvalue weighted by molar-refractivity contribution is 5.96. The average molecular weight is 293 g/mol. The van der Waals surface area contributed by atoms with E-state index in [2.05, 4.69) is 5.32 Å². The quantitative estimate of drug-likeness (QED) is 0.833. The topological polar surface area (TPSA) is 61.9 Å². The maximum absolute atomic E-state index is 12.3. The summed E-state index contributed by atoms with van der Waals surface area (Å²) < 4.78 is 5.64. The molecule has 0 aromatic heterocycles. The molecule has 4 rings (SSSR count). The van der Waals surface area contributed by atoms with Crippen LogP contribution in [0.2, 0.25) is 0 Å². The molecule has 2 aromatic rings. The third-order valence-electron chi connectivity index (χ3n) is 4.18. The summed E-state index contributed by atoms with van der Waals surface area (Å²) in [5.74, 6) is -0.281. The molecule has 0 radical (unpaired) electrons. The number of carbonyl (C=O) groups excluding carboxylic acids is 1. The van der Waals surface area contributed by atoms with Gasteiger partial charge in [-0.25, -0.2) is 0 Å². The Hall–Kier alpha value is -2.43. The zero-order valence-corrected chi connectivity index (χ0v) is 11.8. The van der Waals surface area contributed by atoms with E-state index in [-0.39, 0.29) is 5.91 Å². The minimum absolute atomic E-state index is 0.281. The highest BCUT2D eigenvalue weighted by atomic mass is 16.6. The van der Waals surface area contributed by atoms with Crippen molar-refractivity contribution in [3.05, 3.63) is 77.5 Å². The van der Waals surface area contributed by atoms with Crippen molar-refractivity contribution in [3.8, 4) is 0 Å². The fraction of sp³-hybridized carbons (Fsp3) is 0.167. The lowest BCUT2D eigenvalue weighted by Gasteiger charge is -2.07. The first-order valence-corrected chi connectivity index (χ1v) is 7.21. The summed E-state index contributed by atoms with van der Waals surface area (Å²) in [5, 5.41) is 13.3. The molecule has 0 aliphatic carbocycles. The van der Waals surface area contributed by atoms with E-state index in [1.54, 1.807) is 6.08 Å². The van der Waals surface area contributed by atoms with Crippen LogP contribution in [-0.4, -0.2) is 22.7 Å². The van der Waals surface area contributed by atoms with E-state index in [9.17, 15) is 9.90 Å². The number of epoxide rings is 1. The van der Waals surface area contributed by atoms with Crippen LogP contribution in [0.25, 0.3) is 6.08 Å². The first kappa shape index (κ1) is 13.2. The van der Waals surface area contributed by atoms with E-state index >= 15 is 0 Å². The maximum Gasteiger partial charge on any atom is 0.262 e. The lowest BCUT2D eigenvalue weighted by molar-refractivity contribution is -0.125. The molecule has 4 nitrogen and oxygen atoms in total. The number of hydrogen-bond donors (Lipinski definition) is 2. The van der Waals surface area contributed by atoms with Crippen LogP contribution in [0.1, 0.15) is 17.2 Å². The van der Waals surface area contributed by atoms with E-state index in [4.69, 9.17) is 4.74 Å². The number of aliphatic hydroxyl groups excluding tert-OH is 1. The summed E-state index contributed by atoms with van der Waals surface area (Å²) in [4.78, 5) is 12.3. The van der Waals surface area contributed by atoms with Crippen LogP contribution in [0, 0.1) is 0 Å². The molecule has 3 atom stereocenters. The van der Waals surface area contributed by atoms with Crippen molar-refractivity contribution in [1.82, 2.24) is 5.32 Å². The van der Waals surface area contributed by atoms with Gasteiger partial charge in [-0.05, 0) is 17.2 Å². The molecule has 2 aliphatic rings. The first-order chi connectivity index (χ1) is 10.7. The van der Waals surface area contributed by atoms with Gasteiger partial charge in [-0.1, -0.05) is 60.7 Å². The summed E-state index contributed by atoms with van der Waals surface area (Å²) in [6.45, 7) is 0. The van der Waals surface area contributed by atoms with Gasteiger partial charge in [0.15, 0.2) is 0 Å². The Labute approximate surface area is 128 Å². The van der Waals surface area contributed by atoms with Gasteiger partial charge in [0.1, 0.15) is 12.2 Å². The number of ether oxygens (including phenoxy) is 1. The number of aliphatic hydroxyl groups is 1. The smallest absolute Gasteiger partial charge is 0.262 e. The molecule has 1 spiro atoms. The summed E-state index contributed by atoms with van der Waals surface area (Å²) >= 11 is 0.